The molecular weight excluding hydrogens is 360 g/mol. The number of hydrogen-bond donors (Lipinski definition) is 2. The van der Waals surface area contributed by atoms with E-state index in [0.717, 1.165) is 24.2 Å². The van der Waals surface area contributed by atoms with E-state index in [0.29, 0.717) is 30.6 Å². The van der Waals surface area contributed by atoms with Gasteiger partial charge in [-0.15, -0.1) is 0 Å². The van der Waals surface area contributed by atoms with Crippen molar-refractivity contribution in [3.8, 4) is 0 Å². The summed E-state index contributed by atoms with van der Waals surface area (Å²) in [6.45, 7) is 1.99. The first-order valence-corrected chi connectivity index (χ1v) is 9.67. The maximum atomic E-state index is 12.9. The van der Waals surface area contributed by atoms with Crippen LogP contribution in [0.25, 0.3) is 0 Å². The normalized spacial score (nSPS) is 18.5. The Kier molecular flexibility index (Phi) is 5.67. The molecule has 1 aromatic carbocycles. The molecular formula is C20H26N4O4. The molecule has 0 bridgehead atoms. The van der Waals surface area contributed by atoms with Gasteiger partial charge in [0.1, 0.15) is 12.1 Å². The van der Waals surface area contributed by atoms with Crippen LogP contribution in [0.4, 0.5) is 10.5 Å². The van der Waals surface area contributed by atoms with E-state index >= 15 is 0 Å². The van der Waals surface area contributed by atoms with Gasteiger partial charge in [-0.2, -0.15) is 0 Å². The van der Waals surface area contributed by atoms with Gasteiger partial charge < -0.3 is 15.5 Å². The molecule has 28 heavy (non-hydrogen) atoms. The summed E-state index contributed by atoms with van der Waals surface area (Å²) in [6.07, 6.45) is 4.13. The molecule has 1 spiro atoms. The topological polar surface area (TPSA) is 98.8 Å². The standard InChI is InChI=1S/C20H26N4O4/c1-3-21-17(26)14-8-7-9-15(12-14)22-16(25)13-24-18(27)20(23(2)19(24)28)10-5-4-6-11-20/h7-9,12H,3-6,10-11,13H2,1-2H3,(H,21,26)(H,22,25). The van der Waals surface area contributed by atoms with Crippen molar-refractivity contribution in [1.82, 2.24) is 15.1 Å². The van der Waals surface area contributed by atoms with E-state index in [1.54, 1.807) is 31.3 Å². The number of nitrogens with one attached hydrogen (secondary N) is 2. The van der Waals surface area contributed by atoms with Gasteiger partial charge in [-0.3, -0.25) is 19.3 Å². The Bertz CT molecular complexity index is 801. The summed E-state index contributed by atoms with van der Waals surface area (Å²) in [6, 6.07) is 6.10. The van der Waals surface area contributed by atoms with E-state index in [-0.39, 0.29) is 18.4 Å². The number of carbonyl (C=O) groups excluding carboxylic acids is 4. The number of amides is 5. The molecule has 8 heteroatoms. The van der Waals surface area contributed by atoms with Gasteiger partial charge in [-0.05, 0) is 38.0 Å². The molecule has 5 amide bonds. The average molecular weight is 386 g/mol. The van der Waals surface area contributed by atoms with Crippen molar-refractivity contribution in [2.24, 2.45) is 0 Å². The van der Waals surface area contributed by atoms with Crippen molar-refractivity contribution in [3.63, 3.8) is 0 Å². The molecule has 2 aliphatic rings. The highest BCUT2D eigenvalue weighted by molar-refractivity contribution is 6.10. The third kappa shape index (κ3) is 3.58. The van der Waals surface area contributed by atoms with E-state index in [9.17, 15) is 19.2 Å². The number of benzene rings is 1. The third-order valence-electron chi connectivity index (χ3n) is 5.53. The number of carbonyl (C=O) groups is 4. The van der Waals surface area contributed by atoms with Crippen molar-refractivity contribution in [2.75, 3.05) is 25.5 Å². The molecule has 1 aliphatic carbocycles. The molecule has 0 radical (unpaired) electrons. The highest BCUT2D eigenvalue weighted by Gasteiger charge is 2.55. The fourth-order valence-electron chi connectivity index (χ4n) is 4.02. The van der Waals surface area contributed by atoms with E-state index in [1.165, 1.54) is 4.90 Å². The number of rotatable bonds is 5. The zero-order valence-corrected chi connectivity index (χ0v) is 16.3. The molecule has 1 heterocycles. The molecule has 1 aliphatic heterocycles. The molecule has 0 unspecified atom stereocenters. The van der Waals surface area contributed by atoms with Gasteiger partial charge in [-0.1, -0.05) is 25.3 Å². The van der Waals surface area contributed by atoms with Gasteiger partial charge >= 0.3 is 6.03 Å². The maximum absolute atomic E-state index is 12.9. The number of imide groups is 1. The summed E-state index contributed by atoms with van der Waals surface area (Å²) in [5.41, 5.74) is 0.0655. The fourth-order valence-corrected chi connectivity index (χ4v) is 4.02. The summed E-state index contributed by atoms with van der Waals surface area (Å²) in [5.74, 6) is -0.994. The zero-order chi connectivity index (χ0) is 20.3. The lowest BCUT2D eigenvalue weighted by molar-refractivity contribution is -0.136. The van der Waals surface area contributed by atoms with Crippen LogP contribution in [-0.4, -0.2) is 59.2 Å². The lowest BCUT2D eigenvalue weighted by Crippen LogP contribution is -2.49. The Hall–Kier alpha value is -2.90. The number of nitrogens with zero attached hydrogens (tertiary/aromatic N) is 2. The molecule has 3 rings (SSSR count). The van der Waals surface area contributed by atoms with Crippen LogP contribution in [0.3, 0.4) is 0 Å². The van der Waals surface area contributed by atoms with Crippen LogP contribution < -0.4 is 10.6 Å². The zero-order valence-electron chi connectivity index (χ0n) is 16.3. The van der Waals surface area contributed by atoms with Crippen LogP contribution in [0.2, 0.25) is 0 Å². The summed E-state index contributed by atoms with van der Waals surface area (Å²) in [7, 11) is 1.64. The Morgan fingerprint density at radius 1 is 1.14 bits per heavy atom. The monoisotopic (exact) mass is 386 g/mol. The second-order valence-electron chi connectivity index (χ2n) is 7.31. The highest BCUT2D eigenvalue weighted by atomic mass is 16.2. The minimum atomic E-state index is -0.798. The number of urea groups is 1. The van der Waals surface area contributed by atoms with E-state index in [2.05, 4.69) is 10.6 Å². The van der Waals surface area contributed by atoms with Gasteiger partial charge in [0.15, 0.2) is 0 Å². The van der Waals surface area contributed by atoms with Crippen molar-refractivity contribution in [1.29, 1.82) is 0 Å². The van der Waals surface area contributed by atoms with Crippen molar-refractivity contribution in [2.45, 2.75) is 44.6 Å². The van der Waals surface area contributed by atoms with Crippen molar-refractivity contribution < 1.29 is 19.2 Å². The molecule has 8 nitrogen and oxygen atoms in total. The van der Waals surface area contributed by atoms with Crippen LogP contribution in [0.1, 0.15) is 49.4 Å². The number of likely N-dealkylation sites (N-methyl/N-ethyl adjacent to an activating group) is 1. The SMILES string of the molecule is CCNC(=O)c1cccc(NC(=O)CN2C(=O)N(C)C3(CCCCC3)C2=O)c1. The molecule has 1 aromatic rings. The van der Waals surface area contributed by atoms with Gasteiger partial charge in [0.2, 0.25) is 5.91 Å². The largest absolute Gasteiger partial charge is 0.352 e. The van der Waals surface area contributed by atoms with Gasteiger partial charge in [0.25, 0.3) is 11.8 Å². The van der Waals surface area contributed by atoms with E-state index < -0.39 is 17.5 Å². The summed E-state index contributed by atoms with van der Waals surface area (Å²) in [4.78, 5) is 52.5. The Morgan fingerprint density at radius 3 is 2.54 bits per heavy atom. The molecule has 2 fully saturated rings. The quantitative estimate of drug-likeness (QED) is 0.756. The Balaban J connectivity index is 1.68. The predicted octanol–water partition coefficient (Wildman–Crippen LogP) is 1.97. The first-order chi connectivity index (χ1) is 13.4. The van der Waals surface area contributed by atoms with Gasteiger partial charge in [0, 0.05) is 24.8 Å². The predicted molar refractivity (Wildman–Crippen MR) is 104 cm³/mol. The third-order valence-corrected chi connectivity index (χ3v) is 5.53. The lowest BCUT2D eigenvalue weighted by Gasteiger charge is -2.35. The van der Waals surface area contributed by atoms with Gasteiger partial charge in [-0.25, -0.2) is 4.79 Å². The van der Waals surface area contributed by atoms with Crippen LogP contribution in [0.5, 0.6) is 0 Å². The first kappa shape index (κ1) is 19.9. The van der Waals surface area contributed by atoms with Crippen LogP contribution in [-0.2, 0) is 9.59 Å². The van der Waals surface area contributed by atoms with Gasteiger partial charge in [0.05, 0.1) is 0 Å². The molecule has 0 atom stereocenters. The Morgan fingerprint density at radius 2 is 1.86 bits per heavy atom. The summed E-state index contributed by atoms with van der Waals surface area (Å²) < 4.78 is 0. The first-order valence-electron chi connectivity index (χ1n) is 9.67. The van der Waals surface area contributed by atoms with Crippen LogP contribution in [0.15, 0.2) is 24.3 Å². The Labute approximate surface area is 164 Å². The second-order valence-corrected chi connectivity index (χ2v) is 7.31. The number of anilines is 1. The molecule has 1 saturated carbocycles. The molecule has 2 N–H and O–H groups in total. The van der Waals surface area contributed by atoms with E-state index in [1.807, 2.05) is 6.92 Å². The summed E-state index contributed by atoms with van der Waals surface area (Å²) in [5, 5.41) is 5.37. The van der Waals surface area contributed by atoms with E-state index in [4.69, 9.17) is 0 Å². The van der Waals surface area contributed by atoms with Crippen LogP contribution >= 0.6 is 0 Å². The number of hydrogen-bond acceptors (Lipinski definition) is 4. The average Bonchev–Trinajstić information content (AvgIpc) is 2.85. The highest BCUT2D eigenvalue weighted by Crippen LogP contribution is 2.39. The van der Waals surface area contributed by atoms with Crippen molar-refractivity contribution >= 4 is 29.4 Å². The molecule has 150 valence electrons. The molecule has 0 aromatic heterocycles. The smallest absolute Gasteiger partial charge is 0.327 e. The lowest BCUT2D eigenvalue weighted by atomic mass is 9.81. The second kappa shape index (κ2) is 8.00. The minimum absolute atomic E-state index is 0.232. The minimum Gasteiger partial charge on any atom is -0.352 e. The summed E-state index contributed by atoms with van der Waals surface area (Å²) >= 11 is 0. The fraction of sp³-hybridized carbons (Fsp3) is 0.500. The van der Waals surface area contributed by atoms with Crippen molar-refractivity contribution in [3.05, 3.63) is 29.8 Å². The molecule has 1 saturated heterocycles. The maximum Gasteiger partial charge on any atom is 0.327 e. The van der Waals surface area contributed by atoms with Crippen LogP contribution in [0, 0.1) is 0 Å².